The normalized spacial score (nSPS) is 12.8. The van der Waals surface area contributed by atoms with E-state index in [4.69, 9.17) is 24.4 Å². The van der Waals surface area contributed by atoms with Crippen molar-refractivity contribution in [2.24, 2.45) is 5.92 Å². The summed E-state index contributed by atoms with van der Waals surface area (Å²) in [7, 11) is 0. The van der Waals surface area contributed by atoms with E-state index in [0.717, 1.165) is 39.8 Å². The molecule has 0 fully saturated rings. The molecule has 7 heteroatoms. The molecule has 0 saturated carbocycles. The summed E-state index contributed by atoms with van der Waals surface area (Å²) in [6, 6.07) is 17.3. The molecule has 2 atom stereocenters. The minimum absolute atomic E-state index is 0.0237. The van der Waals surface area contributed by atoms with Gasteiger partial charge in [0.15, 0.2) is 17.5 Å². The van der Waals surface area contributed by atoms with Crippen molar-refractivity contribution in [2.45, 2.75) is 54.1 Å². The number of aryl methyl sites for hydroxylation is 4. The maximum atomic E-state index is 11.0. The van der Waals surface area contributed by atoms with Crippen LogP contribution in [0.1, 0.15) is 42.5 Å². The number of hydrogen-bond acceptors (Lipinski definition) is 7. The van der Waals surface area contributed by atoms with Gasteiger partial charge in [0.1, 0.15) is 24.2 Å². The van der Waals surface area contributed by atoms with Gasteiger partial charge in [0.05, 0.1) is 12.2 Å². The van der Waals surface area contributed by atoms with E-state index in [0.29, 0.717) is 41.3 Å². The van der Waals surface area contributed by atoms with E-state index < -0.39 is 6.10 Å². The van der Waals surface area contributed by atoms with Gasteiger partial charge in [-0.2, -0.15) is 0 Å². The van der Waals surface area contributed by atoms with Crippen LogP contribution in [0.2, 0.25) is 0 Å². The number of benzene rings is 3. The van der Waals surface area contributed by atoms with Gasteiger partial charge < -0.3 is 19.7 Å². The Labute approximate surface area is 236 Å². The van der Waals surface area contributed by atoms with Gasteiger partial charge in [-0.15, -0.1) is 0 Å². The third kappa shape index (κ3) is 7.23. The van der Waals surface area contributed by atoms with Gasteiger partial charge in [0, 0.05) is 23.8 Å². The lowest BCUT2D eigenvalue weighted by Gasteiger charge is -2.15. The number of hydrogen-bond donors (Lipinski definition) is 2. The Morgan fingerprint density at radius 1 is 0.700 bits per heavy atom. The summed E-state index contributed by atoms with van der Waals surface area (Å²) in [6.45, 7) is 13.2. The van der Waals surface area contributed by atoms with Crippen LogP contribution < -0.4 is 4.74 Å². The molecule has 3 aromatic carbocycles. The largest absolute Gasteiger partial charge is 0.507 e. The van der Waals surface area contributed by atoms with Gasteiger partial charge >= 0.3 is 0 Å². The minimum atomic E-state index is -0.768. The SMILES string of the molecule is CCC(C)COCC(O)COc1ccc(-c2nc(-c3ccc(C)cc3C)nc(-c3ccc(C)cc3C)n2)c(O)c1. The maximum absolute atomic E-state index is 11.0. The van der Waals surface area contributed by atoms with Gasteiger partial charge in [-0.25, -0.2) is 15.0 Å². The molecule has 1 aromatic heterocycles. The molecule has 4 rings (SSSR count). The monoisotopic (exact) mass is 541 g/mol. The Balaban J connectivity index is 1.64. The summed E-state index contributed by atoms with van der Waals surface area (Å²) in [5, 5.41) is 21.2. The highest BCUT2D eigenvalue weighted by Crippen LogP contribution is 2.34. The molecule has 0 aliphatic heterocycles. The topological polar surface area (TPSA) is 97.6 Å². The quantitative estimate of drug-likeness (QED) is 0.220. The van der Waals surface area contributed by atoms with Gasteiger partial charge in [-0.1, -0.05) is 67.8 Å². The van der Waals surface area contributed by atoms with E-state index in [1.165, 1.54) is 6.07 Å². The lowest BCUT2D eigenvalue weighted by atomic mass is 10.0. The van der Waals surface area contributed by atoms with Crippen LogP contribution in [0.4, 0.5) is 0 Å². The molecule has 0 bridgehead atoms. The van der Waals surface area contributed by atoms with Crippen LogP contribution in [0.15, 0.2) is 54.6 Å². The molecule has 0 spiro atoms. The zero-order valence-electron chi connectivity index (χ0n) is 24.2. The summed E-state index contributed by atoms with van der Waals surface area (Å²) in [5.74, 6) is 2.29. The van der Waals surface area contributed by atoms with Gasteiger partial charge in [-0.05, 0) is 56.9 Å². The second kappa shape index (κ2) is 13.0. The summed E-state index contributed by atoms with van der Waals surface area (Å²) in [4.78, 5) is 14.4. The molecule has 0 aliphatic carbocycles. The van der Waals surface area contributed by atoms with Crippen molar-refractivity contribution in [2.75, 3.05) is 19.8 Å². The van der Waals surface area contributed by atoms with Crippen LogP contribution in [-0.4, -0.2) is 51.1 Å². The molecule has 40 heavy (non-hydrogen) atoms. The highest BCUT2D eigenvalue weighted by molar-refractivity contribution is 5.72. The molecule has 0 aliphatic rings. The van der Waals surface area contributed by atoms with Gasteiger partial charge in [0.2, 0.25) is 0 Å². The van der Waals surface area contributed by atoms with E-state index in [1.807, 2.05) is 38.1 Å². The first kappa shape index (κ1) is 29.2. The Morgan fingerprint density at radius 3 is 1.73 bits per heavy atom. The standard InChI is InChI=1S/C33H39N3O4/c1-7-20(2)17-39-18-25(37)19-40-26-10-13-29(30(38)16-26)33-35-31(27-11-8-21(3)14-23(27)5)34-32(36-33)28-12-9-22(4)15-24(28)6/h8-16,20,25,37-38H,7,17-19H2,1-6H3. The number of aliphatic hydroxyl groups excluding tert-OH is 1. The second-order valence-electron chi connectivity index (χ2n) is 10.6. The van der Waals surface area contributed by atoms with Crippen molar-refractivity contribution in [1.29, 1.82) is 0 Å². The average molecular weight is 542 g/mol. The zero-order valence-corrected chi connectivity index (χ0v) is 24.2. The minimum Gasteiger partial charge on any atom is -0.507 e. The molecule has 4 aromatic rings. The first-order chi connectivity index (χ1) is 19.1. The first-order valence-electron chi connectivity index (χ1n) is 13.8. The molecule has 210 valence electrons. The third-order valence-electron chi connectivity index (χ3n) is 6.94. The molecule has 0 saturated heterocycles. The van der Waals surface area contributed by atoms with Gasteiger partial charge in [0.25, 0.3) is 0 Å². The Bertz CT molecular complexity index is 1400. The molecule has 0 amide bonds. The number of phenols is 1. The number of aromatic hydroxyl groups is 1. The summed E-state index contributed by atoms with van der Waals surface area (Å²) >= 11 is 0. The molecular weight excluding hydrogens is 502 g/mol. The maximum Gasteiger partial charge on any atom is 0.167 e. The van der Waals surface area contributed by atoms with E-state index in [1.54, 1.807) is 12.1 Å². The number of aromatic nitrogens is 3. The smallest absolute Gasteiger partial charge is 0.167 e. The Hall–Kier alpha value is -3.81. The highest BCUT2D eigenvalue weighted by atomic mass is 16.5. The van der Waals surface area contributed by atoms with Crippen molar-refractivity contribution in [1.82, 2.24) is 15.0 Å². The molecular formula is C33H39N3O4. The predicted molar refractivity (Wildman–Crippen MR) is 159 cm³/mol. The number of aliphatic hydroxyl groups is 1. The van der Waals surface area contributed by atoms with Crippen molar-refractivity contribution in [3.05, 3.63) is 76.9 Å². The molecule has 2 unspecified atom stereocenters. The van der Waals surface area contributed by atoms with E-state index >= 15 is 0 Å². The summed E-state index contributed by atoms with van der Waals surface area (Å²) < 4.78 is 11.3. The van der Waals surface area contributed by atoms with Crippen molar-refractivity contribution in [3.8, 4) is 45.7 Å². The van der Waals surface area contributed by atoms with Crippen LogP contribution in [0, 0.1) is 33.6 Å². The summed E-state index contributed by atoms with van der Waals surface area (Å²) in [5.41, 5.74) is 6.71. The number of ether oxygens (including phenoxy) is 2. The van der Waals surface area contributed by atoms with Gasteiger partial charge in [-0.3, -0.25) is 0 Å². The van der Waals surface area contributed by atoms with Crippen LogP contribution in [0.5, 0.6) is 11.5 Å². The number of nitrogens with zero attached hydrogens (tertiary/aromatic N) is 3. The van der Waals surface area contributed by atoms with E-state index in [9.17, 15) is 10.2 Å². The van der Waals surface area contributed by atoms with Crippen molar-refractivity contribution < 1.29 is 19.7 Å². The Morgan fingerprint density at radius 2 is 1.23 bits per heavy atom. The fourth-order valence-corrected chi connectivity index (χ4v) is 4.42. The lowest BCUT2D eigenvalue weighted by Crippen LogP contribution is -2.24. The van der Waals surface area contributed by atoms with Crippen molar-refractivity contribution >= 4 is 0 Å². The predicted octanol–water partition coefficient (Wildman–Crippen LogP) is 6.61. The first-order valence-corrected chi connectivity index (χ1v) is 13.8. The number of phenolic OH excluding ortho intramolecular Hbond substituents is 1. The Kier molecular flexibility index (Phi) is 9.50. The van der Waals surface area contributed by atoms with Crippen LogP contribution in [0.25, 0.3) is 34.2 Å². The van der Waals surface area contributed by atoms with Crippen molar-refractivity contribution in [3.63, 3.8) is 0 Å². The zero-order chi connectivity index (χ0) is 28.8. The summed E-state index contributed by atoms with van der Waals surface area (Å²) in [6.07, 6.45) is 0.257. The van der Waals surface area contributed by atoms with Crippen LogP contribution in [0.3, 0.4) is 0 Å². The molecule has 7 nitrogen and oxygen atoms in total. The van der Waals surface area contributed by atoms with E-state index in [2.05, 4.69) is 39.8 Å². The third-order valence-corrected chi connectivity index (χ3v) is 6.94. The highest BCUT2D eigenvalue weighted by Gasteiger charge is 2.18. The van der Waals surface area contributed by atoms with E-state index in [-0.39, 0.29) is 19.0 Å². The molecule has 2 N–H and O–H groups in total. The fourth-order valence-electron chi connectivity index (χ4n) is 4.42. The second-order valence-corrected chi connectivity index (χ2v) is 10.6. The lowest BCUT2D eigenvalue weighted by molar-refractivity contribution is 0.00189. The number of rotatable bonds is 11. The average Bonchev–Trinajstić information content (AvgIpc) is 2.91. The molecule has 0 radical (unpaired) electrons. The van der Waals surface area contributed by atoms with Crippen LogP contribution >= 0.6 is 0 Å². The fraction of sp³-hybridized carbons (Fsp3) is 0.364. The molecule has 1 heterocycles. The van der Waals surface area contributed by atoms with Crippen LogP contribution in [-0.2, 0) is 4.74 Å².